The van der Waals surface area contributed by atoms with E-state index < -0.39 is 0 Å². The lowest BCUT2D eigenvalue weighted by molar-refractivity contribution is -0.137. The van der Waals surface area contributed by atoms with Gasteiger partial charge in [0.25, 0.3) is 0 Å². The van der Waals surface area contributed by atoms with Crippen LogP contribution < -0.4 is 0 Å². The summed E-state index contributed by atoms with van der Waals surface area (Å²) in [6, 6.07) is 10.0. The van der Waals surface area contributed by atoms with Crippen molar-refractivity contribution in [2.24, 2.45) is 5.41 Å². The Labute approximate surface area is 106 Å². The highest BCUT2D eigenvalue weighted by atomic mass is 16.1. The lowest BCUT2D eigenvalue weighted by Crippen LogP contribution is -2.43. The van der Waals surface area contributed by atoms with E-state index in [-0.39, 0.29) is 5.41 Å². The third-order valence-electron chi connectivity index (χ3n) is 4.01. The molecule has 0 radical (unpaired) electrons. The summed E-state index contributed by atoms with van der Waals surface area (Å²) < 4.78 is 1.87. The SMILES string of the molecule is CC1(C)C(=O)CC1c1cnn(-c2ccccc2)c1. The molecule has 1 aliphatic rings. The normalized spacial score (nSPS) is 21.7. The third-order valence-corrected chi connectivity index (χ3v) is 4.01. The molecule has 1 saturated carbocycles. The van der Waals surface area contributed by atoms with Crippen LogP contribution in [0.25, 0.3) is 5.69 Å². The van der Waals surface area contributed by atoms with Crippen LogP contribution in [0.1, 0.15) is 31.7 Å². The van der Waals surface area contributed by atoms with Crippen LogP contribution in [0.5, 0.6) is 0 Å². The molecule has 0 N–H and O–H groups in total. The number of para-hydroxylation sites is 1. The van der Waals surface area contributed by atoms with E-state index in [1.54, 1.807) is 0 Å². The number of rotatable bonds is 2. The molecule has 3 nitrogen and oxygen atoms in total. The van der Waals surface area contributed by atoms with Crippen molar-refractivity contribution in [1.82, 2.24) is 9.78 Å². The fourth-order valence-corrected chi connectivity index (χ4v) is 2.54. The second-order valence-electron chi connectivity index (χ2n) is 5.46. The van der Waals surface area contributed by atoms with Crippen molar-refractivity contribution in [2.45, 2.75) is 26.2 Å². The molecule has 0 aliphatic heterocycles. The second-order valence-corrected chi connectivity index (χ2v) is 5.46. The number of carbonyl (C=O) groups is 1. The quantitative estimate of drug-likeness (QED) is 0.809. The summed E-state index contributed by atoms with van der Waals surface area (Å²) in [5.74, 6) is 0.655. The Morgan fingerprint density at radius 2 is 2.00 bits per heavy atom. The van der Waals surface area contributed by atoms with E-state index in [9.17, 15) is 4.79 Å². The molecule has 1 aliphatic carbocycles. The number of hydrogen-bond acceptors (Lipinski definition) is 2. The summed E-state index contributed by atoms with van der Waals surface area (Å²) in [4.78, 5) is 11.6. The van der Waals surface area contributed by atoms with E-state index in [0.29, 0.717) is 18.1 Å². The Morgan fingerprint density at radius 3 is 2.61 bits per heavy atom. The molecule has 18 heavy (non-hydrogen) atoms. The van der Waals surface area contributed by atoms with Crippen molar-refractivity contribution >= 4 is 5.78 Å². The fraction of sp³-hybridized carbons (Fsp3) is 0.333. The summed E-state index contributed by atoms with van der Waals surface area (Å²) in [5, 5.41) is 4.39. The van der Waals surface area contributed by atoms with Crippen molar-refractivity contribution in [3.8, 4) is 5.69 Å². The minimum absolute atomic E-state index is 0.232. The second kappa shape index (κ2) is 3.80. The zero-order valence-corrected chi connectivity index (χ0v) is 10.6. The minimum Gasteiger partial charge on any atom is -0.299 e. The number of carbonyl (C=O) groups excluding carboxylic acids is 1. The predicted molar refractivity (Wildman–Crippen MR) is 69.7 cm³/mol. The maximum atomic E-state index is 11.6. The van der Waals surface area contributed by atoms with E-state index in [1.165, 1.54) is 0 Å². The number of aromatic nitrogens is 2. The van der Waals surface area contributed by atoms with E-state index in [2.05, 4.69) is 5.10 Å². The van der Waals surface area contributed by atoms with Gasteiger partial charge in [0, 0.05) is 24.0 Å². The van der Waals surface area contributed by atoms with Gasteiger partial charge in [0.15, 0.2) is 0 Å². The van der Waals surface area contributed by atoms with Crippen LogP contribution in [0, 0.1) is 5.41 Å². The number of benzene rings is 1. The van der Waals surface area contributed by atoms with Gasteiger partial charge in [-0.05, 0) is 17.7 Å². The maximum absolute atomic E-state index is 11.6. The Morgan fingerprint density at radius 1 is 1.28 bits per heavy atom. The number of ketones is 1. The van der Waals surface area contributed by atoms with Crippen molar-refractivity contribution in [3.63, 3.8) is 0 Å². The Kier molecular flexibility index (Phi) is 2.37. The Balaban J connectivity index is 1.90. The molecular weight excluding hydrogens is 224 g/mol. The van der Waals surface area contributed by atoms with Crippen LogP contribution in [0.4, 0.5) is 0 Å². The summed E-state index contributed by atoms with van der Waals surface area (Å²) in [5.41, 5.74) is 1.97. The molecular formula is C15H16N2O. The minimum atomic E-state index is -0.232. The van der Waals surface area contributed by atoms with Gasteiger partial charge < -0.3 is 0 Å². The first kappa shape index (κ1) is 11.2. The predicted octanol–water partition coefficient (Wildman–Crippen LogP) is 2.95. The summed E-state index contributed by atoms with van der Waals surface area (Å²) in [6.45, 7) is 4.03. The van der Waals surface area contributed by atoms with Crippen LogP contribution in [0.2, 0.25) is 0 Å². The van der Waals surface area contributed by atoms with Gasteiger partial charge in [-0.2, -0.15) is 5.10 Å². The molecule has 0 amide bonds. The molecule has 2 aromatic rings. The molecule has 0 spiro atoms. The summed E-state index contributed by atoms with van der Waals surface area (Å²) in [7, 11) is 0. The maximum Gasteiger partial charge on any atom is 0.139 e. The summed E-state index contributed by atoms with van der Waals surface area (Å²) >= 11 is 0. The molecule has 92 valence electrons. The highest BCUT2D eigenvalue weighted by Gasteiger charge is 2.48. The molecule has 1 heterocycles. The molecule has 3 heteroatoms. The van der Waals surface area contributed by atoms with Gasteiger partial charge in [-0.3, -0.25) is 4.79 Å². The lowest BCUT2D eigenvalue weighted by Gasteiger charge is -2.42. The Hall–Kier alpha value is -1.90. The van der Waals surface area contributed by atoms with Crippen LogP contribution in [-0.2, 0) is 4.79 Å². The van der Waals surface area contributed by atoms with Gasteiger partial charge in [0.1, 0.15) is 5.78 Å². The first-order chi connectivity index (χ1) is 8.59. The molecule has 3 rings (SSSR count). The smallest absolute Gasteiger partial charge is 0.139 e. The van der Waals surface area contributed by atoms with Crippen molar-refractivity contribution < 1.29 is 4.79 Å². The average molecular weight is 240 g/mol. The zero-order chi connectivity index (χ0) is 12.8. The first-order valence-corrected chi connectivity index (χ1v) is 6.22. The highest BCUT2D eigenvalue weighted by Crippen LogP contribution is 2.49. The lowest BCUT2D eigenvalue weighted by atomic mass is 9.59. The van der Waals surface area contributed by atoms with Crippen LogP contribution in [-0.4, -0.2) is 15.6 Å². The number of hydrogen-bond donors (Lipinski definition) is 0. The van der Waals surface area contributed by atoms with Crippen molar-refractivity contribution in [3.05, 3.63) is 48.3 Å². The van der Waals surface area contributed by atoms with Crippen molar-refractivity contribution in [2.75, 3.05) is 0 Å². The molecule has 1 fully saturated rings. The number of Topliss-reactive ketones (excluding diaryl/α,β-unsaturated/α-hetero) is 1. The van der Waals surface area contributed by atoms with E-state index in [1.807, 2.05) is 61.3 Å². The van der Waals surface area contributed by atoms with Gasteiger partial charge >= 0.3 is 0 Å². The summed E-state index contributed by atoms with van der Waals surface area (Å²) in [6.07, 6.45) is 4.56. The largest absolute Gasteiger partial charge is 0.299 e. The van der Waals surface area contributed by atoms with Gasteiger partial charge in [0.05, 0.1) is 11.9 Å². The molecule has 1 atom stereocenters. The monoisotopic (exact) mass is 240 g/mol. The highest BCUT2D eigenvalue weighted by molar-refractivity contribution is 5.92. The molecule has 1 unspecified atom stereocenters. The molecule has 1 aromatic heterocycles. The number of nitrogens with zero attached hydrogens (tertiary/aromatic N) is 2. The van der Waals surface area contributed by atoms with E-state index in [4.69, 9.17) is 0 Å². The van der Waals surface area contributed by atoms with E-state index in [0.717, 1.165) is 11.3 Å². The van der Waals surface area contributed by atoms with Gasteiger partial charge in [-0.25, -0.2) is 4.68 Å². The third kappa shape index (κ3) is 1.58. The van der Waals surface area contributed by atoms with E-state index >= 15 is 0 Å². The molecule has 0 saturated heterocycles. The standard InChI is InChI=1S/C15H16N2O/c1-15(2)13(8-14(15)18)11-9-16-17(10-11)12-6-4-3-5-7-12/h3-7,9-10,13H,8H2,1-2H3. The topological polar surface area (TPSA) is 34.9 Å². The van der Waals surface area contributed by atoms with Crippen LogP contribution >= 0.6 is 0 Å². The van der Waals surface area contributed by atoms with Gasteiger partial charge in [-0.1, -0.05) is 32.0 Å². The van der Waals surface area contributed by atoms with Crippen LogP contribution in [0.15, 0.2) is 42.7 Å². The van der Waals surface area contributed by atoms with Gasteiger partial charge in [0.2, 0.25) is 0 Å². The van der Waals surface area contributed by atoms with Crippen LogP contribution in [0.3, 0.4) is 0 Å². The average Bonchev–Trinajstić information content (AvgIpc) is 2.86. The van der Waals surface area contributed by atoms with Crippen molar-refractivity contribution in [1.29, 1.82) is 0 Å². The zero-order valence-electron chi connectivity index (χ0n) is 10.6. The van der Waals surface area contributed by atoms with Gasteiger partial charge in [-0.15, -0.1) is 0 Å². The molecule has 1 aromatic carbocycles. The Bertz CT molecular complexity index is 584. The molecule has 0 bridgehead atoms. The first-order valence-electron chi connectivity index (χ1n) is 6.22. The fourth-order valence-electron chi connectivity index (χ4n) is 2.54.